The summed E-state index contributed by atoms with van der Waals surface area (Å²) in [4.78, 5) is 39.0. The van der Waals surface area contributed by atoms with E-state index in [1.165, 1.54) is 17.1 Å². The molecular weight excluding hydrogens is 406 g/mol. The van der Waals surface area contributed by atoms with Gasteiger partial charge in [-0.3, -0.25) is 24.6 Å². The molecule has 3 amide bonds. The number of hydrogen-bond acceptors (Lipinski definition) is 5. The molecular formula is C25H41N3O4. The summed E-state index contributed by atoms with van der Waals surface area (Å²) in [5, 5.41) is 3.34. The number of rotatable bonds is 12. The van der Waals surface area contributed by atoms with E-state index < -0.39 is 0 Å². The SMILES string of the molecule is CC1CCN(C(=O)CCCCCNCOCC2CCC(CN3C(=O)C=CC3=O)CC2)CC1. The second-order valence-electron chi connectivity index (χ2n) is 9.90. The molecule has 1 saturated heterocycles. The topological polar surface area (TPSA) is 79.0 Å². The minimum absolute atomic E-state index is 0.171. The molecule has 2 fully saturated rings. The molecule has 1 N–H and O–H groups in total. The van der Waals surface area contributed by atoms with Crippen LogP contribution >= 0.6 is 0 Å². The fourth-order valence-corrected chi connectivity index (χ4v) is 4.94. The van der Waals surface area contributed by atoms with Gasteiger partial charge in [-0.1, -0.05) is 13.3 Å². The molecule has 1 aliphatic carbocycles. The predicted molar refractivity (Wildman–Crippen MR) is 124 cm³/mol. The Labute approximate surface area is 192 Å². The van der Waals surface area contributed by atoms with E-state index in [2.05, 4.69) is 12.2 Å². The van der Waals surface area contributed by atoms with E-state index in [0.717, 1.165) is 89.9 Å². The quantitative estimate of drug-likeness (QED) is 0.283. The average molecular weight is 448 g/mol. The maximum absolute atomic E-state index is 12.2. The zero-order valence-corrected chi connectivity index (χ0v) is 19.7. The fraction of sp³-hybridized carbons (Fsp3) is 0.800. The van der Waals surface area contributed by atoms with Gasteiger partial charge in [0.15, 0.2) is 0 Å². The molecule has 0 spiro atoms. The molecule has 0 aromatic carbocycles. The Balaban J connectivity index is 1.12. The molecule has 180 valence electrons. The summed E-state index contributed by atoms with van der Waals surface area (Å²) in [6.07, 6.45) is 13.1. The van der Waals surface area contributed by atoms with Crippen LogP contribution in [0.25, 0.3) is 0 Å². The van der Waals surface area contributed by atoms with E-state index in [-0.39, 0.29) is 11.8 Å². The van der Waals surface area contributed by atoms with Gasteiger partial charge in [0.1, 0.15) is 0 Å². The first-order chi connectivity index (χ1) is 15.5. The summed E-state index contributed by atoms with van der Waals surface area (Å²) in [6, 6.07) is 0. The van der Waals surface area contributed by atoms with Crippen molar-refractivity contribution in [1.29, 1.82) is 0 Å². The van der Waals surface area contributed by atoms with Gasteiger partial charge < -0.3 is 9.64 Å². The van der Waals surface area contributed by atoms with Crippen molar-refractivity contribution in [2.45, 2.75) is 71.1 Å². The summed E-state index contributed by atoms with van der Waals surface area (Å²) in [5.74, 6) is 1.74. The summed E-state index contributed by atoms with van der Waals surface area (Å²) in [6.45, 7) is 6.98. The van der Waals surface area contributed by atoms with E-state index in [9.17, 15) is 14.4 Å². The van der Waals surface area contributed by atoms with Gasteiger partial charge >= 0.3 is 0 Å². The maximum Gasteiger partial charge on any atom is 0.253 e. The number of likely N-dealkylation sites (tertiary alicyclic amines) is 1. The van der Waals surface area contributed by atoms with E-state index in [0.29, 0.717) is 37.4 Å². The van der Waals surface area contributed by atoms with Crippen molar-refractivity contribution in [2.75, 3.05) is 39.5 Å². The number of imide groups is 1. The van der Waals surface area contributed by atoms with Crippen LogP contribution in [0.3, 0.4) is 0 Å². The molecule has 1 saturated carbocycles. The number of nitrogens with one attached hydrogen (secondary N) is 1. The monoisotopic (exact) mass is 447 g/mol. The first-order valence-corrected chi connectivity index (χ1v) is 12.6. The highest BCUT2D eigenvalue weighted by Gasteiger charge is 2.29. The second-order valence-corrected chi connectivity index (χ2v) is 9.90. The molecule has 2 aliphatic heterocycles. The third-order valence-corrected chi connectivity index (χ3v) is 7.25. The van der Waals surface area contributed by atoms with Gasteiger partial charge in [-0.2, -0.15) is 0 Å². The van der Waals surface area contributed by atoms with Crippen LogP contribution in [-0.2, 0) is 19.1 Å². The molecule has 32 heavy (non-hydrogen) atoms. The summed E-state index contributed by atoms with van der Waals surface area (Å²) < 4.78 is 5.81. The Hall–Kier alpha value is -1.73. The van der Waals surface area contributed by atoms with E-state index in [1.54, 1.807) is 0 Å². The smallest absolute Gasteiger partial charge is 0.253 e. The largest absolute Gasteiger partial charge is 0.366 e. The lowest BCUT2D eigenvalue weighted by molar-refractivity contribution is -0.138. The van der Waals surface area contributed by atoms with Crippen LogP contribution in [0, 0.1) is 17.8 Å². The van der Waals surface area contributed by atoms with Crippen molar-refractivity contribution in [3.63, 3.8) is 0 Å². The number of piperidine rings is 1. The molecule has 3 rings (SSSR count). The maximum atomic E-state index is 12.2. The van der Waals surface area contributed by atoms with Crippen LogP contribution in [0.1, 0.15) is 71.1 Å². The number of nitrogens with zero attached hydrogens (tertiary/aromatic N) is 2. The van der Waals surface area contributed by atoms with E-state index in [4.69, 9.17) is 4.74 Å². The third kappa shape index (κ3) is 8.00. The zero-order valence-electron chi connectivity index (χ0n) is 19.7. The summed E-state index contributed by atoms with van der Waals surface area (Å²) in [5.41, 5.74) is 0. The van der Waals surface area contributed by atoms with E-state index in [1.807, 2.05) is 4.90 Å². The Morgan fingerprint density at radius 2 is 1.62 bits per heavy atom. The van der Waals surface area contributed by atoms with Crippen LogP contribution in [0.4, 0.5) is 0 Å². The first kappa shape index (κ1) is 24.9. The van der Waals surface area contributed by atoms with Crippen LogP contribution in [0.15, 0.2) is 12.2 Å². The molecule has 7 heteroatoms. The van der Waals surface area contributed by atoms with Crippen molar-refractivity contribution in [3.05, 3.63) is 12.2 Å². The van der Waals surface area contributed by atoms with Crippen LogP contribution in [0.5, 0.6) is 0 Å². The Bertz CT molecular complexity index is 632. The molecule has 0 bridgehead atoms. The Kier molecular flexibility index (Phi) is 10.2. The number of ether oxygens (including phenoxy) is 1. The van der Waals surface area contributed by atoms with Gasteiger partial charge in [-0.15, -0.1) is 0 Å². The second kappa shape index (κ2) is 13.1. The lowest BCUT2D eigenvalue weighted by Gasteiger charge is -2.30. The van der Waals surface area contributed by atoms with Gasteiger partial charge in [0.2, 0.25) is 5.91 Å². The zero-order chi connectivity index (χ0) is 22.8. The molecule has 0 atom stereocenters. The standard InChI is InChI=1S/C25H41N3O4/c1-20-12-15-27(16-13-20)23(29)5-3-2-4-14-26-19-32-18-22-8-6-21(7-9-22)17-28-24(30)10-11-25(28)31/h10-11,20-22,26H,2-9,12-19H2,1H3. The highest BCUT2D eigenvalue weighted by atomic mass is 16.5. The lowest BCUT2D eigenvalue weighted by Crippen LogP contribution is -2.37. The summed E-state index contributed by atoms with van der Waals surface area (Å²) >= 11 is 0. The molecule has 0 aromatic heterocycles. The van der Waals surface area contributed by atoms with Crippen LogP contribution in [-0.4, -0.2) is 67.0 Å². The molecule has 7 nitrogen and oxygen atoms in total. The van der Waals surface area contributed by atoms with Crippen molar-refractivity contribution in [3.8, 4) is 0 Å². The fourth-order valence-electron chi connectivity index (χ4n) is 4.94. The minimum atomic E-state index is -0.171. The van der Waals surface area contributed by atoms with Gasteiger partial charge in [-0.25, -0.2) is 0 Å². The Morgan fingerprint density at radius 3 is 2.31 bits per heavy atom. The molecule has 2 heterocycles. The number of unbranched alkanes of at least 4 members (excludes halogenated alkanes) is 2. The van der Waals surface area contributed by atoms with Crippen molar-refractivity contribution >= 4 is 17.7 Å². The third-order valence-electron chi connectivity index (χ3n) is 7.25. The van der Waals surface area contributed by atoms with Crippen molar-refractivity contribution < 1.29 is 19.1 Å². The van der Waals surface area contributed by atoms with Gasteiger partial charge in [0.05, 0.1) is 13.3 Å². The van der Waals surface area contributed by atoms with E-state index >= 15 is 0 Å². The highest BCUT2D eigenvalue weighted by molar-refractivity contribution is 6.12. The average Bonchev–Trinajstić information content (AvgIpc) is 3.11. The van der Waals surface area contributed by atoms with Crippen molar-refractivity contribution in [2.24, 2.45) is 17.8 Å². The summed E-state index contributed by atoms with van der Waals surface area (Å²) in [7, 11) is 0. The van der Waals surface area contributed by atoms with Gasteiger partial charge in [0.25, 0.3) is 11.8 Å². The Morgan fingerprint density at radius 1 is 0.969 bits per heavy atom. The minimum Gasteiger partial charge on any atom is -0.366 e. The normalized spacial score (nSPS) is 24.5. The highest BCUT2D eigenvalue weighted by Crippen LogP contribution is 2.30. The molecule has 3 aliphatic rings. The first-order valence-electron chi connectivity index (χ1n) is 12.6. The lowest BCUT2D eigenvalue weighted by atomic mass is 9.82. The van der Waals surface area contributed by atoms with Crippen LogP contribution in [0.2, 0.25) is 0 Å². The molecule has 0 aromatic rings. The molecule has 0 unspecified atom stereocenters. The number of carbonyl (C=O) groups excluding carboxylic acids is 3. The van der Waals surface area contributed by atoms with Gasteiger partial charge in [0, 0.05) is 38.2 Å². The number of carbonyl (C=O) groups is 3. The van der Waals surface area contributed by atoms with Gasteiger partial charge in [-0.05, 0) is 75.7 Å². The predicted octanol–water partition coefficient (Wildman–Crippen LogP) is 3.10. The molecule has 0 radical (unpaired) electrons. The van der Waals surface area contributed by atoms with Crippen LogP contribution < -0.4 is 5.32 Å². The number of hydrogen-bond donors (Lipinski definition) is 1. The number of amides is 3. The van der Waals surface area contributed by atoms with Crippen molar-refractivity contribution in [1.82, 2.24) is 15.1 Å².